The summed E-state index contributed by atoms with van der Waals surface area (Å²) in [6.07, 6.45) is 1.81. The summed E-state index contributed by atoms with van der Waals surface area (Å²) in [6, 6.07) is 4.17. The summed E-state index contributed by atoms with van der Waals surface area (Å²) in [5.74, 6) is -0.536. The number of allylic oxidation sites excluding steroid dienone is 1. The van der Waals surface area contributed by atoms with Crippen molar-refractivity contribution in [3.63, 3.8) is 0 Å². The first-order chi connectivity index (χ1) is 7.41. The standard InChI is InChI=1S/C12H11Cl2FO/c1-3-6-12(2,11(14)16)9-5-4-8(13)7-10(9)15/h3-5,7H,1,6H2,2H3. The summed E-state index contributed by atoms with van der Waals surface area (Å²) < 4.78 is 13.7. The number of carbonyl (C=O) groups is 1. The Morgan fingerprint density at radius 3 is 2.69 bits per heavy atom. The van der Waals surface area contributed by atoms with Crippen molar-refractivity contribution in [2.24, 2.45) is 0 Å². The summed E-state index contributed by atoms with van der Waals surface area (Å²) in [5.41, 5.74) is -0.866. The zero-order chi connectivity index (χ0) is 12.3. The van der Waals surface area contributed by atoms with Crippen LogP contribution in [0.25, 0.3) is 0 Å². The number of benzene rings is 1. The van der Waals surface area contributed by atoms with E-state index in [9.17, 15) is 9.18 Å². The molecule has 0 saturated carbocycles. The van der Waals surface area contributed by atoms with Crippen molar-refractivity contribution in [1.29, 1.82) is 0 Å². The lowest BCUT2D eigenvalue weighted by Crippen LogP contribution is -2.29. The second kappa shape index (κ2) is 4.98. The molecule has 0 aromatic heterocycles. The zero-order valence-corrected chi connectivity index (χ0v) is 10.3. The second-order valence-electron chi connectivity index (χ2n) is 3.72. The van der Waals surface area contributed by atoms with Crippen LogP contribution in [0.2, 0.25) is 5.02 Å². The molecule has 1 aromatic rings. The van der Waals surface area contributed by atoms with E-state index in [1.165, 1.54) is 18.2 Å². The van der Waals surface area contributed by atoms with E-state index in [0.717, 1.165) is 6.07 Å². The van der Waals surface area contributed by atoms with Crippen LogP contribution in [0.5, 0.6) is 0 Å². The van der Waals surface area contributed by atoms with Crippen molar-refractivity contribution in [3.8, 4) is 0 Å². The molecule has 0 bridgehead atoms. The molecule has 0 radical (unpaired) electrons. The summed E-state index contributed by atoms with van der Waals surface area (Å²) >= 11 is 11.2. The molecule has 1 unspecified atom stereocenters. The van der Waals surface area contributed by atoms with Gasteiger partial charge in [0.15, 0.2) is 0 Å². The summed E-state index contributed by atoms with van der Waals surface area (Å²) in [7, 11) is 0. The highest BCUT2D eigenvalue weighted by Crippen LogP contribution is 2.33. The Morgan fingerprint density at radius 1 is 1.62 bits per heavy atom. The van der Waals surface area contributed by atoms with Crippen LogP contribution in [0.1, 0.15) is 18.9 Å². The van der Waals surface area contributed by atoms with Gasteiger partial charge in [0.1, 0.15) is 5.82 Å². The van der Waals surface area contributed by atoms with Crippen molar-refractivity contribution in [2.45, 2.75) is 18.8 Å². The predicted octanol–water partition coefficient (Wildman–Crippen LogP) is 4.08. The van der Waals surface area contributed by atoms with E-state index in [1.54, 1.807) is 6.92 Å². The van der Waals surface area contributed by atoms with Gasteiger partial charge in [-0.2, -0.15) is 0 Å². The van der Waals surface area contributed by atoms with Gasteiger partial charge in [-0.05, 0) is 37.1 Å². The number of hydrogen-bond donors (Lipinski definition) is 0. The predicted molar refractivity (Wildman–Crippen MR) is 64.4 cm³/mol. The van der Waals surface area contributed by atoms with Gasteiger partial charge in [0.2, 0.25) is 5.24 Å². The molecule has 0 aliphatic rings. The Kier molecular flexibility index (Phi) is 4.11. The van der Waals surface area contributed by atoms with Crippen LogP contribution in [0.4, 0.5) is 4.39 Å². The summed E-state index contributed by atoms with van der Waals surface area (Å²) in [4.78, 5) is 11.4. The summed E-state index contributed by atoms with van der Waals surface area (Å²) in [5, 5.41) is -0.335. The lowest BCUT2D eigenvalue weighted by Gasteiger charge is -2.24. The van der Waals surface area contributed by atoms with Gasteiger partial charge in [-0.1, -0.05) is 23.7 Å². The molecule has 0 saturated heterocycles. The minimum Gasteiger partial charge on any atom is -0.280 e. The van der Waals surface area contributed by atoms with Gasteiger partial charge in [0.25, 0.3) is 0 Å². The zero-order valence-electron chi connectivity index (χ0n) is 8.77. The minimum absolute atomic E-state index is 0.233. The van der Waals surface area contributed by atoms with E-state index < -0.39 is 16.5 Å². The van der Waals surface area contributed by atoms with Crippen LogP contribution in [0.15, 0.2) is 30.9 Å². The Bertz CT molecular complexity index is 431. The Morgan fingerprint density at radius 2 is 2.25 bits per heavy atom. The average molecular weight is 261 g/mol. The van der Waals surface area contributed by atoms with Crippen LogP contribution in [0.3, 0.4) is 0 Å². The quantitative estimate of drug-likeness (QED) is 0.589. The molecule has 0 aliphatic heterocycles. The highest BCUT2D eigenvalue weighted by Gasteiger charge is 2.35. The van der Waals surface area contributed by atoms with Gasteiger partial charge in [-0.25, -0.2) is 4.39 Å². The van der Waals surface area contributed by atoms with E-state index in [0.29, 0.717) is 0 Å². The Balaban J connectivity index is 3.31. The molecule has 4 heteroatoms. The Hall–Kier alpha value is -0.860. The molecule has 86 valence electrons. The molecule has 0 fully saturated rings. The maximum Gasteiger partial charge on any atom is 0.232 e. The molecule has 0 spiro atoms. The third kappa shape index (κ3) is 2.45. The third-order valence-electron chi connectivity index (χ3n) is 2.51. The SMILES string of the molecule is C=CCC(C)(C(=O)Cl)c1ccc(Cl)cc1F. The molecule has 0 amide bonds. The number of rotatable bonds is 4. The number of hydrogen-bond acceptors (Lipinski definition) is 1. The van der Waals surface area contributed by atoms with Gasteiger partial charge in [-0.3, -0.25) is 4.79 Å². The van der Waals surface area contributed by atoms with Crippen molar-refractivity contribution in [2.75, 3.05) is 0 Å². The topological polar surface area (TPSA) is 17.1 Å². The van der Waals surface area contributed by atoms with E-state index in [4.69, 9.17) is 23.2 Å². The lowest BCUT2D eigenvalue weighted by atomic mass is 9.80. The fourth-order valence-corrected chi connectivity index (χ4v) is 1.86. The van der Waals surface area contributed by atoms with E-state index in [2.05, 4.69) is 6.58 Å². The van der Waals surface area contributed by atoms with Crippen molar-refractivity contribution in [1.82, 2.24) is 0 Å². The van der Waals surface area contributed by atoms with Gasteiger partial charge in [0.05, 0.1) is 5.41 Å². The fourth-order valence-electron chi connectivity index (χ4n) is 1.52. The molecule has 1 rings (SSSR count). The van der Waals surface area contributed by atoms with E-state index >= 15 is 0 Å². The van der Waals surface area contributed by atoms with Crippen molar-refractivity contribution in [3.05, 3.63) is 47.3 Å². The molecule has 1 atom stereocenters. The van der Waals surface area contributed by atoms with Crippen LogP contribution in [0, 0.1) is 5.82 Å². The monoisotopic (exact) mass is 260 g/mol. The summed E-state index contributed by atoms with van der Waals surface area (Å²) in [6.45, 7) is 5.12. The van der Waals surface area contributed by atoms with Crippen molar-refractivity contribution >= 4 is 28.4 Å². The molecule has 1 nitrogen and oxygen atoms in total. The Labute approximate surface area is 104 Å². The largest absolute Gasteiger partial charge is 0.280 e. The van der Waals surface area contributed by atoms with Gasteiger partial charge >= 0.3 is 0 Å². The average Bonchev–Trinajstić information content (AvgIpc) is 2.17. The van der Waals surface area contributed by atoms with E-state index in [1.807, 2.05) is 0 Å². The van der Waals surface area contributed by atoms with Gasteiger partial charge in [0, 0.05) is 10.6 Å². The lowest BCUT2D eigenvalue weighted by molar-refractivity contribution is -0.116. The molecule has 16 heavy (non-hydrogen) atoms. The third-order valence-corrected chi connectivity index (χ3v) is 3.16. The smallest absolute Gasteiger partial charge is 0.232 e. The highest BCUT2D eigenvalue weighted by atomic mass is 35.5. The maximum absolute atomic E-state index is 13.7. The molecular formula is C12H11Cl2FO. The fraction of sp³-hybridized carbons (Fsp3) is 0.250. The van der Waals surface area contributed by atoms with E-state index in [-0.39, 0.29) is 17.0 Å². The van der Waals surface area contributed by atoms with Crippen LogP contribution in [-0.4, -0.2) is 5.24 Å². The number of halogens is 3. The first kappa shape index (κ1) is 13.2. The number of carbonyl (C=O) groups excluding carboxylic acids is 1. The molecule has 0 heterocycles. The van der Waals surface area contributed by atoms with Crippen LogP contribution >= 0.6 is 23.2 Å². The van der Waals surface area contributed by atoms with Gasteiger partial charge < -0.3 is 0 Å². The first-order valence-electron chi connectivity index (χ1n) is 4.68. The van der Waals surface area contributed by atoms with Crippen LogP contribution < -0.4 is 0 Å². The molecule has 1 aromatic carbocycles. The normalized spacial score (nSPS) is 14.2. The minimum atomic E-state index is -1.10. The maximum atomic E-state index is 13.7. The molecular weight excluding hydrogens is 250 g/mol. The highest BCUT2D eigenvalue weighted by molar-refractivity contribution is 6.65. The molecule has 0 aliphatic carbocycles. The van der Waals surface area contributed by atoms with Crippen molar-refractivity contribution < 1.29 is 9.18 Å². The first-order valence-corrected chi connectivity index (χ1v) is 5.44. The second-order valence-corrected chi connectivity index (χ2v) is 4.50. The van der Waals surface area contributed by atoms with Crippen LogP contribution in [-0.2, 0) is 10.2 Å². The molecule has 0 N–H and O–H groups in total. The van der Waals surface area contributed by atoms with Gasteiger partial charge in [-0.15, -0.1) is 6.58 Å².